The van der Waals surface area contributed by atoms with Gasteiger partial charge >= 0.3 is 11.9 Å². The second-order valence-electron chi connectivity index (χ2n) is 20.3. The molecule has 2 aliphatic rings. The molecule has 0 bridgehead atoms. The van der Waals surface area contributed by atoms with E-state index in [4.69, 9.17) is 23.7 Å². The molecule has 0 radical (unpaired) electrons. The zero-order valence-electron chi connectivity index (χ0n) is 38.0. The van der Waals surface area contributed by atoms with Crippen LogP contribution in [-0.2, 0) is 33.3 Å². The molecular formula is C44H84O7. The van der Waals surface area contributed by atoms with Crippen LogP contribution in [0.15, 0.2) is 33.9 Å². The van der Waals surface area contributed by atoms with E-state index < -0.39 is 5.60 Å². The maximum absolute atomic E-state index is 11.3. The first-order chi connectivity index (χ1) is 22.4. The predicted molar refractivity (Wildman–Crippen MR) is 217 cm³/mol. The molecule has 0 amide bonds. The molecule has 0 aromatic carbocycles. The molecule has 0 saturated carbocycles. The molecular weight excluding hydrogens is 640 g/mol. The topological polar surface area (TPSA) is 83.6 Å². The number of carbonyl (C=O) groups excluding carboxylic acids is 2. The highest BCUT2D eigenvalue weighted by atomic mass is 16.6. The highest BCUT2D eigenvalue weighted by Crippen LogP contribution is 2.38. The fourth-order valence-corrected chi connectivity index (χ4v) is 3.98. The Morgan fingerprint density at radius 3 is 1.31 bits per heavy atom. The Morgan fingerprint density at radius 2 is 1.12 bits per heavy atom. The van der Waals surface area contributed by atoms with Crippen molar-refractivity contribution in [2.75, 3.05) is 26.4 Å². The van der Waals surface area contributed by atoms with Crippen molar-refractivity contribution in [3.8, 4) is 0 Å². The lowest BCUT2D eigenvalue weighted by Crippen LogP contribution is -2.42. The van der Waals surface area contributed by atoms with Gasteiger partial charge in [0.15, 0.2) is 0 Å². The Balaban J connectivity index is -0.000000569. The number of hydrogen-bond donors (Lipinski definition) is 0. The SMILES string of the molecule is CC(C)(C)C1CO1.CC(C)(C)CC1(C)COC1.CC(C)=C(C)C(=O)OC(C)(C)C.CC(C)=C(C)COC(C)(C)C.CC(C)=CC(=O)OC(C)(C)C. The molecule has 302 valence electrons. The van der Waals surface area contributed by atoms with Crippen LogP contribution in [0.25, 0.3) is 0 Å². The third-order valence-electron chi connectivity index (χ3n) is 7.00. The van der Waals surface area contributed by atoms with Crippen molar-refractivity contribution in [1.82, 2.24) is 0 Å². The molecule has 0 aliphatic carbocycles. The van der Waals surface area contributed by atoms with Gasteiger partial charge in [0.2, 0.25) is 0 Å². The zero-order chi connectivity index (χ0) is 41.4. The third kappa shape index (κ3) is 36.2. The molecule has 2 fully saturated rings. The lowest BCUT2D eigenvalue weighted by Gasteiger charge is -2.42. The van der Waals surface area contributed by atoms with E-state index in [1.807, 2.05) is 69.2 Å². The van der Waals surface area contributed by atoms with Crippen LogP contribution >= 0.6 is 0 Å². The number of rotatable bonds is 5. The summed E-state index contributed by atoms with van der Waals surface area (Å²) >= 11 is 0. The zero-order valence-corrected chi connectivity index (χ0v) is 38.0. The molecule has 7 nitrogen and oxygen atoms in total. The number of esters is 2. The molecule has 2 heterocycles. The molecule has 0 aromatic heterocycles. The summed E-state index contributed by atoms with van der Waals surface area (Å²) in [7, 11) is 0. The largest absolute Gasteiger partial charge is 0.457 e. The quantitative estimate of drug-likeness (QED) is 0.121. The highest BCUT2D eigenvalue weighted by molar-refractivity contribution is 5.88. The molecule has 51 heavy (non-hydrogen) atoms. The van der Waals surface area contributed by atoms with Crippen molar-refractivity contribution in [3.63, 3.8) is 0 Å². The number of epoxide rings is 1. The fraction of sp³-hybridized carbons (Fsp3) is 0.818. The van der Waals surface area contributed by atoms with Gasteiger partial charge in [-0.3, -0.25) is 0 Å². The summed E-state index contributed by atoms with van der Waals surface area (Å²) in [6, 6.07) is 0. The standard InChI is InChI=1S/C10H18O2.C10H20O.C9H16O2.C9H18O.C6H12O/c1-7(2)8(3)9(11)12-10(4,5)6;1-8(2)9(3)7-11-10(4,5)6;1-7(2)6-8(10)11-9(3,4)5;1-8(2,3)5-9(4)6-10-7-9;1-6(2,3)5-4-7-5/h1-6H3;7H2,1-6H3;6H,1-5H3;5-7H2,1-4H3;5H,4H2,1-3H3. The Morgan fingerprint density at radius 1 is 0.686 bits per heavy atom. The molecule has 2 rings (SSSR count). The monoisotopic (exact) mass is 725 g/mol. The smallest absolute Gasteiger partial charge is 0.334 e. The van der Waals surface area contributed by atoms with Crippen molar-refractivity contribution in [2.45, 2.75) is 195 Å². The molecule has 1 atom stereocenters. The van der Waals surface area contributed by atoms with Crippen LogP contribution in [0.1, 0.15) is 173 Å². The van der Waals surface area contributed by atoms with Crippen molar-refractivity contribution in [2.24, 2.45) is 16.2 Å². The first-order valence-electron chi connectivity index (χ1n) is 18.6. The molecule has 7 heteroatoms. The minimum Gasteiger partial charge on any atom is -0.457 e. The second kappa shape index (κ2) is 22.3. The van der Waals surface area contributed by atoms with Crippen molar-refractivity contribution >= 4 is 11.9 Å². The Bertz CT molecular complexity index is 1110. The Hall–Kier alpha value is -1.96. The van der Waals surface area contributed by atoms with Crippen molar-refractivity contribution in [3.05, 3.63) is 33.9 Å². The highest BCUT2D eigenvalue weighted by Gasteiger charge is 2.37. The van der Waals surface area contributed by atoms with E-state index in [2.05, 4.69) is 90.0 Å². The molecule has 2 aliphatic heterocycles. The van der Waals surface area contributed by atoms with E-state index in [0.717, 1.165) is 37.6 Å². The van der Waals surface area contributed by atoms with Crippen LogP contribution in [0.3, 0.4) is 0 Å². The molecule has 0 N–H and O–H groups in total. The lowest BCUT2D eigenvalue weighted by molar-refractivity contribution is -0.150. The van der Waals surface area contributed by atoms with E-state index in [9.17, 15) is 9.59 Å². The Kier molecular flexibility index (Phi) is 23.3. The summed E-state index contributed by atoms with van der Waals surface area (Å²) in [5.74, 6) is -0.486. The number of carbonyl (C=O) groups is 2. The maximum Gasteiger partial charge on any atom is 0.334 e. The van der Waals surface area contributed by atoms with Crippen molar-refractivity contribution in [1.29, 1.82) is 0 Å². The Labute approximate surface area is 316 Å². The van der Waals surface area contributed by atoms with Crippen LogP contribution < -0.4 is 0 Å². The molecule has 1 unspecified atom stereocenters. The molecule has 0 aromatic rings. The van der Waals surface area contributed by atoms with Gasteiger partial charge in [0, 0.05) is 17.1 Å². The van der Waals surface area contributed by atoms with Gasteiger partial charge in [-0.2, -0.15) is 0 Å². The van der Waals surface area contributed by atoms with E-state index >= 15 is 0 Å². The third-order valence-corrected chi connectivity index (χ3v) is 7.00. The van der Waals surface area contributed by atoms with E-state index in [-0.39, 0.29) is 23.1 Å². The molecule has 0 spiro atoms. The number of allylic oxidation sites excluding steroid dienone is 3. The normalized spacial score (nSPS) is 16.2. The van der Waals surface area contributed by atoms with Gasteiger partial charge in [0.1, 0.15) is 11.2 Å². The van der Waals surface area contributed by atoms with Crippen LogP contribution in [0.2, 0.25) is 0 Å². The van der Waals surface area contributed by atoms with E-state index in [0.29, 0.717) is 27.9 Å². The minimum absolute atomic E-state index is 0.0172. The first-order valence-corrected chi connectivity index (χ1v) is 18.6. The predicted octanol–water partition coefficient (Wildman–Crippen LogP) is 12.0. The fourth-order valence-electron chi connectivity index (χ4n) is 3.98. The average Bonchev–Trinajstić information content (AvgIpc) is 3.69. The van der Waals surface area contributed by atoms with E-state index in [1.54, 1.807) is 6.92 Å². The number of hydrogen-bond acceptors (Lipinski definition) is 7. The summed E-state index contributed by atoms with van der Waals surface area (Å²) in [5.41, 5.74) is 5.88. The van der Waals surface area contributed by atoms with Crippen LogP contribution in [0, 0.1) is 16.2 Å². The summed E-state index contributed by atoms with van der Waals surface area (Å²) in [5, 5.41) is 0. The van der Waals surface area contributed by atoms with Crippen molar-refractivity contribution < 1.29 is 33.3 Å². The number of ether oxygens (including phenoxy) is 5. The van der Waals surface area contributed by atoms with E-state index in [1.165, 1.54) is 23.6 Å². The van der Waals surface area contributed by atoms with Gasteiger partial charge in [0.05, 0.1) is 38.1 Å². The van der Waals surface area contributed by atoms with Crippen LogP contribution in [-0.4, -0.2) is 61.3 Å². The second-order valence-corrected chi connectivity index (χ2v) is 20.3. The van der Waals surface area contributed by atoms with Gasteiger partial charge in [0.25, 0.3) is 0 Å². The maximum atomic E-state index is 11.3. The van der Waals surface area contributed by atoms with Gasteiger partial charge in [-0.1, -0.05) is 65.2 Å². The molecule has 2 saturated heterocycles. The van der Waals surface area contributed by atoms with Crippen LogP contribution in [0.5, 0.6) is 0 Å². The first kappa shape index (κ1) is 53.4. The summed E-state index contributed by atoms with van der Waals surface area (Å²) < 4.78 is 26.0. The van der Waals surface area contributed by atoms with Crippen LogP contribution in [0.4, 0.5) is 0 Å². The van der Waals surface area contributed by atoms with Gasteiger partial charge in [-0.05, 0) is 141 Å². The summed E-state index contributed by atoms with van der Waals surface area (Å²) in [4.78, 5) is 22.3. The summed E-state index contributed by atoms with van der Waals surface area (Å²) in [6.45, 7) is 52.4. The average molecular weight is 725 g/mol. The van der Waals surface area contributed by atoms with Gasteiger partial charge < -0.3 is 23.7 Å². The van der Waals surface area contributed by atoms with Gasteiger partial charge in [-0.25, -0.2) is 9.59 Å². The minimum atomic E-state index is -0.395. The lowest BCUT2D eigenvalue weighted by atomic mass is 9.74. The van der Waals surface area contributed by atoms with Gasteiger partial charge in [-0.15, -0.1) is 0 Å². The summed E-state index contributed by atoms with van der Waals surface area (Å²) in [6.07, 6.45) is 3.32.